The molecule has 2 N–H and O–H groups in total. The third-order valence-corrected chi connectivity index (χ3v) is 10.7. The average Bonchev–Trinajstić information content (AvgIpc) is 3.33. The van der Waals surface area contributed by atoms with Crippen LogP contribution in [-0.2, 0) is 24.9 Å². The Labute approximate surface area is 250 Å². The lowest BCUT2D eigenvalue weighted by molar-refractivity contribution is 0.0330. The molecule has 0 spiro atoms. The molecule has 1 saturated carbocycles. The van der Waals surface area contributed by atoms with Crippen LogP contribution < -0.4 is 10.0 Å². The maximum Gasteiger partial charge on any atom is 0.280 e. The van der Waals surface area contributed by atoms with Crippen LogP contribution in [0.25, 0.3) is 10.4 Å². The van der Waals surface area contributed by atoms with Crippen molar-refractivity contribution in [2.75, 3.05) is 20.3 Å². The Morgan fingerprint density at radius 2 is 1.71 bits per heavy atom. The second-order valence-electron chi connectivity index (χ2n) is 13.5. The van der Waals surface area contributed by atoms with Crippen LogP contribution in [0.4, 0.5) is 0 Å². The largest absolute Gasteiger partial charge is 0.381 e. The Kier molecular flexibility index (Phi) is 10.0. The summed E-state index contributed by atoms with van der Waals surface area (Å²) in [6, 6.07) is 5.56. The second-order valence-corrected chi connectivity index (χ2v) is 16.1. The zero-order valence-corrected chi connectivity index (χ0v) is 27.3. The number of aromatic nitrogens is 1. The van der Waals surface area contributed by atoms with Crippen molar-refractivity contribution >= 4 is 27.3 Å². The predicted octanol–water partition coefficient (Wildman–Crippen LogP) is 6.36. The van der Waals surface area contributed by atoms with Gasteiger partial charge in [0.05, 0.1) is 15.5 Å². The van der Waals surface area contributed by atoms with Gasteiger partial charge in [0.25, 0.3) is 5.91 Å². The van der Waals surface area contributed by atoms with E-state index < -0.39 is 21.0 Å². The smallest absolute Gasteiger partial charge is 0.280 e. The second kappa shape index (κ2) is 12.8. The number of methoxy groups -OCH3 is 1. The number of rotatable bonds is 8. The molecule has 10 heteroatoms. The highest BCUT2D eigenvalue weighted by Gasteiger charge is 2.34. The van der Waals surface area contributed by atoms with E-state index in [-0.39, 0.29) is 22.9 Å². The van der Waals surface area contributed by atoms with E-state index in [2.05, 4.69) is 10.0 Å². The van der Waals surface area contributed by atoms with Gasteiger partial charge in [0, 0.05) is 31.9 Å². The van der Waals surface area contributed by atoms with E-state index in [1.807, 2.05) is 53.7 Å². The number of benzene rings is 1. The van der Waals surface area contributed by atoms with Crippen LogP contribution in [0.5, 0.6) is 0 Å². The predicted molar refractivity (Wildman–Crippen MR) is 164 cm³/mol. The van der Waals surface area contributed by atoms with Crippen LogP contribution in [0.2, 0.25) is 0 Å². The molecular weight excluding hydrogens is 558 g/mol. The van der Waals surface area contributed by atoms with Gasteiger partial charge in [-0.25, -0.2) is 18.1 Å². The third-order valence-electron chi connectivity index (χ3n) is 7.79. The van der Waals surface area contributed by atoms with Crippen molar-refractivity contribution < 1.29 is 22.7 Å². The summed E-state index contributed by atoms with van der Waals surface area (Å²) in [5, 5.41) is 3.56. The fourth-order valence-electron chi connectivity index (χ4n) is 5.83. The number of sulfonamides is 1. The molecule has 41 heavy (non-hydrogen) atoms. The molecule has 1 aromatic heterocycles. The van der Waals surface area contributed by atoms with Crippen molar-refractivity contribution in [2.45, 2.75) is 114 Å². The van der Waals surface area contributed by atoms with E-state index in [0.29, 0.717) is 29.7 Å². The molecule has 4 rings (SSSR count). The normalized spacial score (nSPS) is 18.8. The van der Waals surface area contributed by atoms with Crippen molar-refractivity contribution in [1.82, 2.24) is 15.0 Å². The first kappa shape index (κ1) is 32.1. The van der Waals surface area contributed by atoms with Gasteiger partial charge in [0.1, 0.15) is 6.10 Å². The first-order valence-corrected chi connectivity index (χ1v) is 17.1. The summed E-state index contributed by atoms with van der Waals surface area (Å²) in [6.07, 6.45) is 6.98. The molecular formula is C31H47N3O5S2. The molecule has 1 aliphatic carbocycles. The number of carbonyl (C=O) groups excluding carboxylic acids is 1. The minimum Gasteiger partial charge on any atom is -0.381 e. The monoisotopic (exact) mass is 605 g/mol. The maximum absolute atomic E-state index is 13.5. The minimum atomic E-state index is -3.76. The van der Waals surface area contributed by atoms with Gasteiger partial charge in [-0.05, 0) is 81.0 Å². The molecule has 2 heterocycles. The van der Waals surface area contributed by atoms with E-state index in [0.717, 1.165) is 54.7 Å². The van der Waals surface area contributed by atoms with E-state index in [9.17, 15) is 13.2 Å². The van der Waals surface area contributed by atoms with Gasteiger partial charge < -0.3 is 14.8 Å². The number of nitrogens with one attached hydrogen (secondary N) is 2. The third kappa shape index (κ3) is 7.96. The number of hydrogen-bond acceptors (Lipinski definition) is 7. The molecule has 8 nitrogen and oxygen atoms in total. The zero-order chi connectivity index (χ0) is 30.0. The summed E-state index contributed by atoms with van der Waals surface area (Å²) in [5.41, 5.74) is 1.27. The van der Waals surface area contributed by atoms with Crippen LogP contribution in [-0.4, -0.2) is 51.2 Å². The Hall–Kier alpha value is -1.85. The van der Waals surface area contributed by atoms with Crippen LogP contribution >= 0.6 is 11.3 Å². The lowest BCUT2D eigenvalue weighted by Gasteiger charge is -2.29. The molecule has 228 valence electrons. The molecule has 1 aromatic carbocycles. The molecule has 1 unspecified atom stereocenters. The van der Waals surface area contributed by atoms with Crippen LogP contribution in [0, 0.1) is 5.92 Å². The van der Waals surface area contributed by atoms with Crippen molar-refractivity contribution in [2.24, 2.45) is 5.92 Å². The van der Waals surface area contributed by atoms with Gasteiger partial charge >= 0.3 is 0 Å². The highest BCUT2D eigenvalue weighted by molar-refractivity contribution is 7.89. The molecule has 1 atom stereocenters. The van der Waals surface area contributed by atoms with Crippen molar-refractivity contribution in [3.8, 4) is 10.4 Å². The minimum absolute atomic E-state index is 0.0657. The summed E-state index contributed by atoms with van der Waals surface area (Å²) < 4.78 is 41.3. The Morgan fingerprint density at radius 3 is 2.29 bits per heavy atom. The van der Waals surface area contributed by atoms with E-state index in [1.54, 1.807) is 13.2 Å². The Balaban J connectivity index is 1.81. The molecule has 1 aliphatic heterocycles. The van der Waals surface area contributed by atoms with Gasteiger partial charge in [0.15, 0.2) is 5.01 Å². The lowest BCUT2D eigenvalue weighted by Crippen LogP contribution is -2.41. The lowest BCUT2D eigenvalue weighted by atomic mass is 9.83. The fraction of sp³-hybridized carbons (Fsp3) is 0.677. The number of thiazole rings is 1. The maximum atomic E-state index is 13.5. The topological polar surface area (TPSA) is 107 Å². The summed E-state index contributed by atoms with van der Waals surface area (Å²) in [4.78, 5) is 19.5. The van der Waals surface area contributed by atoms with Gasteiger partial charge in [0.2, 0.25) is 10.0 Å². The number of ether oxygens (including phenoxy) is 2. The number of carbonyl (C=O) groups is 1. The summed E-state index contributed by atoms with van der Waals surface area (Å²) in [5.74, 6) is 0.135. The zero-order valence-electron chi connectivity index (χ0n) is 25.6. The molecule has 2 aliphatic rings. The van der Waals surface area contributed by atoms with Crippen LogP contribution in [0.15, 0.2) is 23.1 Å². The van der Waals surface area contributed by atoms with Gasteiger partial charge in [-0.15, -0.1) is 11.3 Å². The van der Waals surface area contributed by atoms with Crippen molar-refractivity contribution in [3.63, 3.8) is 0 Å². The quantitative estimate of drug-likeness (QED) is 0.363. The van der Waals surface area contributed by atoms with E-state index >= 15 is 0 Å². The Bertz CT molecular complexity index is 1310. The van der Waals surface area contributed by atoms with Crippen molar-refractivity contribution in [3.05, 3.63) is 34.5 Å². The standard InChI is InChI=1S/C31H47N3O5S2/c1-30(2,3)23-19-21(13-14-24(23)41(36,37)34-31(4,5)6)27-25(26(38-7)20-11-9-8-10-12-20)33-29(40-27)28(35)32-22-15-17-39-18-16-22/h13-14,19-20,22,26,34H,8-12,15-18H2,1-7H3,(H,32,35). The molecule has 1 amide bonds. The SMILES string of the molecule is COC(c1nc(C(=O)NC2CCOCC2)sc1-c1ccc(S(=O)(=O)NC(C)(C)C)c(C(C)(C)C)c1)C1CCCCC1. The van der Waals surface area contributed by atoms with Gasteiger partial charge in [-0.3, -0.25) is 4.79 Å². The number of hydrogen-bond donors (Lipinski definition) is 2. The summed E-state index contributed by atoms with van der Waals surface area (Å²) >= 11 is 1.36. The Morgan fingerprint density at radius 1 is 1.05 bits per heavy atom. The summed E-state index contributed by atoms with van der Waals surface area (Å²) in [7, 11) is -2.04. The molecule has 2 fully saturated rings. The van der Waals surface area contributed by atoms with E-state index in [4.69, 9.17) is 14.5 Å². The van der Waals surface area contributed by atoms with Crippen LogP contribution in [0.1, 0.15) is 114 Å². The number of amides is 1. The first-order valence-electron chi connectivity index (χ1n) is 14.8. The van der Waals surface area contributed by atoms with Crippen molar-refractivity contribution in [1.29, 1.82) is 0 Å². The number of nitrogens with zero attached hydrogens (tertiary/aromatic N) is 1. The highest BCUT2D eigenvalue weighted by atomic mass is 32.2. The fourth-order valence-corrected chi connectivity index (χ4v) is 8.65. The van der Waals surface area contributed by atoms with Crippen LogP contribution in [0.3, 0.4) is 0 Å². The molecule has 0 radical (unpaired) electrons. The molecule has 2 aromatic rings. The first-order chi connectivity index (χ1) is 19.2. The summed E-state index contributed by atoms with van der Waals surface area (Å²) in [6.45, 7) is 12.8. The van der Waals surface area contributed by atoms with Gasteiger partial charge in [-0.1, -0.05) is 46.1 Å². The highest BCUT2D eigenvalue weighted by Crippen LogP contribution is 2.44. The van der Waals surface area contributed by atoms with Gasteiger partial charge in [-0.2, -0.15) is 0 Å². The molecule has 1 saturated heterocycles. The average molecular weight is 606 g/mol. The van der Waals surface area contributed by atoms with E-state index in [1.165, 1.54) is 17.8 Å². The molecule has 0 bridgehead atoms.